The summed E-state index contributed by atoms with van der Waals surface area (Å²) in [6.07, 6.45) is 1.20. The first-order valence-corrected chi connectivity index (χ1v) is 5.71. The van der Waals surface area contributed by atoms with Crippen molar-refractivity contribution >= 4 is 11.8 Å². The molecule has 1 aromatic carbocycles. The quantitative estimate of drug-likeness (QED) is 0.793. The molecule has 2 heteroatoms. The minimum Gasteiger partial charge on any atom is -0.396 e. The predicted molar refractivity (Wildman–Crippen MR) is 56.7 cm³/mol. The summed E-state index contributed by atoms with van der Waals surface area (Å²) in [4.78, 5) is 0. The molecule has 0 aliphatic heterocycles. The highest BCUT2D eigenvalue weighted by Gasteiger charge is 2.36. The van der Waals surface area contributed by atoms with Crippen LogP contribution >= 0.6 is 11.8 Å². The van der Waals surface area contributed by atoms with Crippen LogP contribution in [0.5, 0.6) is 0 Å². The van der Waals surface area contributed by atoms with E-state index in [4.69, 9.17) is 5.11 Å². The third-order valence-electron chi connectivity index (χ3n) is 2.40. The smallest absolute Gasteiger partial charge is 0.0470 e. The van der Waals surface area contributed by atoms with Crippen LogP contribution in [-0.4, -0.2) is 17.0 Å². The van der Waals surface area contributed by atoms with E-state index in [0.717, 1.165) is 5.75 Å². The van der Waals surface area contributed by atoms with E-state index in [1.54, 1.807) is 0 Å². The lowest BCUT2D eigenvalue weighted by molar-refractivity contribution is 0.277. The first kappa shape index (κ1) is 9.10. The topological polar surface area (TPSA) is 20.2 Å². The fourth-order valence-corrected chi connectivity index (χ4v) is 2.73. The molecular formula is C11H14OS. The summed E-state index contributed by atoms with van der Waals surface area (Å²) in [6.45, 7) is 0.368. The van der Waals surface area contributed by atoms with Crippen molar-refractivity contribution < 1.29 is 5.11 Å². The fourth-order valence-electron chi connectivity index (χ4n) is 1.39. The van der Waals surface area contributed by atoms with Gasteiger partial charge in [-0.05, 0) is 17.9 Å². The molecule has 0 unspecified atom stereocenters. The van der Waals surface area contributed by atoms with Gasteiger partial charge in [-0.2, -0.15) is 11.8 Å². The van der Waals surface area contributed by atoms with Gasteiger partial charge in [0.15, 0.2) is 0 Å². The van der Waals surface area contributed by atoms with Crippen molar-refractivity contribution in [3.05, 3.63) is 35.9 Å². The van der Waals surface area contributed by atoms with Crippen molar-refractivity contribution in [2.24, 2.45) is 5.92 Å². The molecule has 1 nitrogen and oxygen atoms in total. The zero-order chi connectivity index (χ0) is 9.10. The number of aliphatic hydroxyl groups is 1. The molecule has 1 aromatic rings. The molecule has 13 heavy (non-hydrogen) atoms. The largest absolute Gasteiger partial charge is 0.396 e. The average Bonchev–Trinajstić information content (AvgIpc) is 2.95. The van der Waals surface area contributed by atoms with Crippen molar-refractivity contribution in [2.75, 3.05) is 6.61 Å². The van der Waals surface area contributed by atoms with Gasteiger partial charge >= 0.3 is 0 Å². The third kappa shape index (κ3) is 2.48. The predicted octanol–water partition coefficient (Wildman–Crippen LogP) is 2.30. The monoisotopic (exact) mass is 194 g/mol. The first-order valence-electron chi connectivity index (χ1n) is 4.66. The highest BCUT2D eigenvalue weighted by atomic mass is 32.2. The van der Waals surface area contributed by atoms with E-state index in [-0.39, 0.29) is 0 Å². The second kappa shape index (κ2) is 4.16. The van der Waals surface area contributed by atoms with Crippen LogP contribution in [0, 0.1) is 5.92 Å². The molecule has 1 fully saturated rings. The second-order valence-electron chi connectivity index (χ2n) is 3.51. The first-order chi connectivity index (χ1) is 6.40. The maximum absolute atomic E-state index is 8.86. The minimum atomic E-state index is 0.368. The molecule has 0 saturated heterocycles. The Morgan fingerprint density at radius 2 is 2.08 bits per heavy atom. The molecule has 0 heterocycles. The van der Waals surface area contributed by atoms with Crippen LogP contribution in [0.15, 0.2) is 30.3 Å². The number of hydrogen-bond donors (Lipinski definition) is 1. The van der Waals surface area contributed by atoms with Gasteiger partial charge in [-0.25, -0.2) is 0 Å². The Morgan fingerprint density at radius 1 is 1.31 bits per heavy atom. The molecule has 1 saturated carbocycles. The lowest BCUT2D eigenvalue weighted by atomic mass is 10.2. The van der Waals surface area contributed by atoms with Crippen molar-refractivity contribution in [2.45, 2.75) is 17.4 Å². The molecule has 0 aromatic heterocycles. The summed E-state index contributed by atoms with van der Waals surface area (Å²) < 4.78 is 0. The normalized spacial score (nSPS) is 25.9. The lowest BCUT2D eigenvalue weighted by Gasteiger charge is -1.99. The number of benzene rings is 1. The molecule has 0 bridgehead atoms. The highest BCUT2D eigenvalue weighted by Crippen LogP contribution is 2.42. The van der Waals surface area contributed by atoms with Crippen molar-refractivity contribution in [1.82, 2.24) is 0 Å². The minimum absolute atomic E-state index is 0.368. The van der Waals surface area contributed by atoms with E-state index >= 15 is 0 Å². The zero-order valence-electron chi connectivity index (χ0n) is 7.52. The van der Waals surface area contributed by atoms with Gasteiger partial charge in [0, 0.05) is 17.6 Å². The molecule has 70 valence electrons. The van der Waals surface area contributed by atoms with Crippen LogP contribution in [-0.2, 0) is 5.75 Å². The zero-order valence-corrected chi connectivity index (χ0v) is 8.33. The third-order valence-corrected chi connectivity index (χ3v) is 3.90. The Balaban J connectivity index is 1.75. The Kier molecular flexibility index (Phi) is 2.91. The second-order valence-corrected chi connectivity index (χ2v) is 4.74. The molecule has 1 aliphatic carbocycles. The maximum atomic E-state index is 8.86. The highest BCUT2D eigenvalue weighted by molar-refractivity contribution is 7.99. The van der Waals surface area contributed by atoms with E-state index in [1.165, 1.54) is 12.0 Å². The van der Waals surface area contributed by atoms with Gasteiger partial charge in [-0.15, -0.1) is 0 Å². The number of rotatable bonds is 4. The van der Waals surface area contributed by atoms with Gasteiger partial charge in [-0.1, -0.05) is 30.3 Å². The van der Waals surface area contributed by atoms with Gasteiger partial charge in [-0.3, -0.25) is 0 Å². The molecule has 0 amide bonds. The van der Waals surface area contributed by atoms with Gasteiger partial charge in [0.25, 0.3) is 0 Å². The molecular weight excluding hydrogens is 180 g/mol. The fraction of sp³-hybridized carbons (Fsp3) is 0.455. The summed E-state index contributed by atoms with van der Waals surface area (Å²) in [5.74, 6) is 1.66. The number of aliphatic hydroxyl groups excluding tert-OH is 1. The van der Waals surface area contributed by atoms with Crippen LogP contribution in [0.3, 0.4) is 0 Å². The Morgan fingerprint density at radius 3 is 2.69 bits per heavy atom. The van der Waals surface area contributed by atoms with E-state index in [9.17, 15) is 0 Å². The van der Waals surface area contributed by atoms with Gasteiger partial charge in [0.2, 0.25) is 0 Å². The van der Waals surface area contributed by atoms with Crippen LogP contribution in [0.25, 0.3) is 0 Å². The summed E-state index contributed by atoms with van der Waals surface area (Å²) in [6, 6.07) is 10.5. The molecule has 2 atom stereocenters. The Hall–Kier alpha value is -0.470. The molecule has 0 radical (unpaired) electrons. The van der Waals surface area contributed by atoms with E-state index in [0.29, 0.717) is 17.8 Å². The molecule has 0 spiro atoms. The average molecular weight is 194 g/mol. The summed E-state index contributed by atoms with van der Waals surface area (Å²) in [5, 5.41) is 9.57. The Labute approximate surface area is 83.2 Å². The van der Waals surface area contributed by atoms with Crippen molar-refractivity contribution in [1.29, 1.82) is 0 Å². The SMILES string of the molecule is OC[C@@H]1C[C@H]1SCc1ccccc1. The number of hydrogen-bond acceptors (Lipinski definition) is 2. The summed E-state index contributed by atoms with van der Waals surface area (Å²) >= 11 is 1.97. The standard InChI is InChI=1S/C11H14OS/c12-7-10-6-11(10)13-8-9-4-2-1-3-5-9/h1-5,10-12H,6-8H2/t10-,11+/m0/s1. The molecule has 1 N–H and O–H groups in total. The molecule has 1 aliphatic rings. The van der Waals surface area contributed by atoms with E-state index in [1.807, 2.05) is 17.8 Å². The van der Waals surface area contributed by atoms with Crippen LogP contribution in [0.2, 0.25) is 0 Å². The maximum Gasteiger partial charge on any atom is 0.0470 e. The van der Waals surface area contributed by atoms with Gasteiger partial charge in [0.05, 0.1) is 0 Å². The summed E-state index contributed by atoms with van der Waals surface area (Å²) in [7, 11) is 0. The lowest BCUT2D eigenvalue weighted by Crippen LogP contribution is -1.89. The summed E-state index contributed by atoms with van der Waals surface area (Å²) in [5.41, 5.74) is 1.39. The van der Waals surface area contributed by atoms with Crippen molar-refractivity contribution in [3.8, 4) is 0 Å². The van der Waals surface area contributed by atoms with Gasteiger partial charge < -0.3 is 5.11 Å². The Bertz CT molecular complexity index is 260. The van der Waals surface area contributed by atoms with Crippen LogP contribution in [0.1, 0.15) is 12.0 Å². The van der Waals surface area contributed by atoms with E-state index in [2.05, 4.69) is 24.3 Å². The van der Waals surface area contributed by atoms with Crippen LogP contribution < -0.4 is 0 Å². The van der Waals surface area contributed by atoms with Crippen LogP contribution in [0.4, 0.5) is 0 Å². The number of thioether (sulfide) groups is 1. The molecule has 2 rings (SSSR count). The van der Waals surface area contributed by atoms with Crippen molar-refractivity contribution in [3.63, 3.8) is 0 Å². The van der Waals surface area contributed by atoms with E-state index < -0.39 is 0 Å². The van der Waals surface area contributed by atoms with Gasteiger partial charge in [0.1, 0.15) is 0 Å².